The molecule has 0 fully saturated rings. The van der Waals surface area contributed by atoms with Crippen LogP contribution in [0.25, 0.3) is 10.2 Å². The number of benzene rings is 3. The summed E-state index contributed by atoms with van der Waals surface area (Å²) in [5.74, 6) is 0.0858. The van der Waals surface area contributed by atoms with Crippen LogP contribution < -0.4 is 10.2 Å². The summed E-state index contributed by atoms with van der Waals surface area (Å²) in [6.07, 6.45) is 1.60. The van der Waals surface area contributed by atoms with E-state index in [1.165, 1.54) is 29.2 Å². The van der Waals surface area contributed by atoms with Crippen LogP contribution in [0, 0.1) is 17.0 Å². The van der Waals surface area contributed by atoms with Gasteiger partial charge in [-0.25, -0.2) is 4.98 Å². The Hall–Kier alpha value is -3.47. The van der Waals surface area contributed by atoms with Crippen molar-refractivity contribution in [1.29, 1.82) is 0 Å². The van der Waals surface area contributed by atoms with E-state index in [0.29, 0.717) is 27.6 Å². The third-order valence-electron chi connectivity index (χ3n) is 5.19. The zero-order chi connectivity index (χ0) is 25.8. The number of amides is 1. The average Bonchev–Trinajstić information content (AvgIpc) is 3.25. The van der Waals surface area contributed by atoms with Crippen molar-refractivity contribution >= 4 is 79.8 Å². The van der Waals surface area contributed by atoms with Gasteiger partial charge in [0, 0.05) is 37.1 Å². The van der Waals surface area contributed by atoms with E-state index in [9.17, 15) is 14.9 Å². The minimum Gasteiger partial charge on any atom is -0.372 e. The molecule has 184 valence electrons. The number of aliphatic imine (C=N–C) groups is 1. The first kappa shape index (κ1) is 25.6. The van der Waals surface area contributed by atoms with Crippen molar-refractivity contribution in [1.82, 2.24) is 4.98 Å². The van der Waals surface area contributed by atoms with Crippen LogP contribution in [-0.4, -0.2) is 41.9 Å². The summed E-state index contributed by atoms with van der Waals surface area (Å²) in [5, 5.41) is 14.9. The number of nitrogens with one attached hydrogen (secondary N) is 1. The molecule has 1 aromatic heterocycles. The molecule has 0 radical (unpaired) electrons. The SMILES string of the molecule is Cc1ccc(Cl)cc1NC(=O)CSc1nc2ccc(N=Cc3ccc(N(C)C)c([N+](=O)[O-])c3)cc2s1. The molecule has 4 aromatic rings. The molecule has 0 unspecified atom stereocenters. The number of carbonyl (C=O) groups is 1. The summed E-state index contributed by atoms with van der Waals surface area (Å²) in [5.41, 5.74) is 4.35. The standard InChI is InChI=1S/C25H22ClN5O3S2/c1-15-4-6-17(26)11-20(15)28-24(32)14-35-25-29-19-8-7-18(12-23(19)36-25)27-13-16-5-9-21(30(2)3)22(10-16)31(33)34/h4-13H,14H2,1-3H3,(H,28,32). The molecule has 1 N–H and O–H groups in total. The Bertz CT molecular complexity index is 1490. The number of thioether (sulfide) groups is 1. The van der Waals surface area contributed by atoms with Gasteiger partial charge in [-0.05, 0) is 54.4 Å². The summed E-state index contributed by atoms with van der Waals surface area (Å²) < 4.78 is 1.71. The number of anilines is 2. The van der Waals surface area contributed by atoms with E-state index in [0.717, 1.165) is 20.1 Å². The number of aromatic nitrogens is 1. The van der Waals surface area contributed by atoms with Gasteiger partial charge in [-0.2, -0.15) is 0 Å². The van der Waals surface area contributed by atoms with Crippen LogP contribution >= 0.6 is 34.7 Å². The largest absolute Gasteiger partial charge is 0.372 e. The summed E-state index contributed by atoms with van der Waals surface area (Å²) in [7, 11) is 3.53. The van der Waals surface area contributed by atoms with Crippen LogP contribution in [-0.2, 0) is 4.79 Å². The van der Waals surface area contributed by atoms with Gasteiger partial charge in [0.15, 0.2) is 4.34 Å². The molecule has 0 saturated carbocycles. The summed E-state index contributed by atoms with van der Waals surface area (Å²) in [6.45, 7) is 1.91. The lowest BCUT2D eigenvalue weighted by atomic mass is 10.1. The highest BCUT2D eigenvalue weighted by Crippen LogP contribution is 2.32. The molecule has 36 heavy (non-hydrogen) atoms. The van der Waals surface area contributed by atoms with Gasteiger partial charge in [0.05, 0.1) is 26.6 Å². The zero-order valence-electron chi connectivity index (χ0n) is 19.7. The summed E-state index contributed by atoms with van der Waals surface area (Å²) >= 11 is 8.87. The topological polar surface area (TPSA) is 101 Å². The Kier molecular flexibility index (Phi) is 7.88. The highest BCUT2D eigenvalue weighted by molar-refractivity contribution is 8.01. The van der Waals surface area contributed by atoms with E-state index in [1.54, 1.807) is 49.5 Å². The summed E-state index contributed by atoms with van der Waals surface area (Å²) in [4.78, 5) is 34.2. The van der Waals surface area contributed by atoms with Gasteiger partial charge in [0.1, 0.15) is 5.69 Å². The number of nitro benzene ring substituents is 1. The van der Waals surface area contributed by atoms with Gasteiger partial charge in [-0.15, -0.1) is 11.3 Å². The maximum Gasteiger partial charge on any atom is 0.293 e. The quantitative estimate of drug-likeness (QED) is 0.115. The number of halogens is 1. The first-order chi connectivity index (χ1) is 17.2. The minimum atomic E-state index is -0.397. The van der Waals surface area contributed by atoms with Gasteiger partial charge in [-0.3, -0.25) is 19.9 Å². The van der Waals surface area contributed by atoms with E-state index in [-0.39, 0.29) is 17.3 Å². The lowest BCUT2D eigenvalue weighted by Crippen LogP contribution is -2.14. The molecule has 0 spiro atoms. The van der Waals surface area contributed by atoms with Gasteiger partial charge < -0.3 is 10.2 Å². The predicted octanol–water partition coefficient (Wildman–Crippen LogP) is 6.71. The number of nitro groups is 1. The Morgan fingerprint density at radius 2 is 2.03 bits per heavy atom. The fraction of sp³-hybridized carbons (Fsp3) is 0.160. The highest BCUT2D eigenvalue weighted by Gasteiger charge is 2.15. The number of fused-ring (bicyclic) bond motifs is 1. The molecule has 3 aromatic carbocycles. The molecule has 0 bridgehead atoms. The third-order valence-corrected chi connectivity index (χ3v) is 7.59. The van der Waals surface area contributed by atoms with Crippen LogP contribution in [0.2, 0.25) is 5.02 Å². The molecule has 0 atom stereocenters. The van der Waals surface area contributed by atoms with Crippen molar-refractivity contribution in [3.8, 4) is 0 Å². The van der Waals surface area contributed by atoms with Crippen LogP contribution in [0.15, 0.2) is 63.9 Å². The molecule has 1 amide bonds. The van der Waals surface area contributed by atoms with Crippen molar-refractivity contribution in [2.24, 2.45) is 4.99 Å². The van der Waals surface area contributed by atoms with Crippen LogP contribution in [0.1, 0.15) is 11.1 Å². The van der Waals surface area contributed by atoms with Gasteiger partial charge >= 0.3 is 0 Å². The molecule has 0 aliphatic rings. The maximum absolute atomic E-state index is 12.4. The second-order valence-electron chi connectivity index (χ2n) is 8.09. The van der Waals surface area contributed by atoms with Gasteiger partial charge in [0.2, 0.25) is 5.91 Å². The second-order valence-corrected chi connectivity index (χ2v) is 10.8. The van der Waals surface area contributed by atoms with E-state index in [2.05, 4.69) is 15.3 Å². The number of hydrogen-bond donors (Lipinski definition) is 1. The fourth-order valence-corrected chi connectivity index (χ4v) is 5.44. The normalized spacial score (nSPS) is 11.2. The van der Waals surface area contributed by atoms with E-state index in [4.69, 9.17) is 11.6 Å². The molecule has 11 heteroatoms. The van der Waals surface area contributed by atoms with Gasteiger partial charge in [0.25, 0.3) is 5.69 Å². The van der Waals surface area contributed by atoms with Crippen molar-refractivity contribution in [2.45, 2.75) is 11.3 Å². The molecule has 4 rings (SSSR count). The predicted molar refractivity (Wildman–Crippen MR) is 150 cm³/mol. The number of hydrogen-bond acceptors (Lipinski definition) is 8. The van der Waals surface area contributed by atoms with Crippen LogP contribution in [0.5, 0.6) is 0 Å². The second kappa shape index (κ2) is 11.1. The average molecular weight is 540 g/mol. The zero-order valence-corrected chi connectivity index (χ0v) is 22.1. The number of rotatable bonds is 8. The maximum atomic E-state index is 12.4. The lowest BCUT2D eigenvalue weighted by molar-refractivity contribution is -0.384. The number of nitrogens with zero attached hydrogens (tertiary/aromatic N) is 4. The molecule has 0 saturated heterocycles. The van der Waals surface area contributed by atoms with E-state index < -0.39 is 4.92 Å². The van der Waals surface area contributed by atoms with Crippen molar-refractivity contribution in [3.05, 3.63) is 80.9 Å². The number of aryl methyl sites for hydroxylation is 1. The molecule has 1 heterocycles. The Morgan fingerprint density at radius 1 is 1.22 bits per heavy atom. The van der Waals surface area contributed by atoms with Crippen LogP contribution in [0.3, 0.4) is 0 Å². The smallest absolute Gasteiger partial charge is 0.293 e. The van der Waals surface area contributed by atoms with E-state index in [1.807, 2.05) is 31.2 Å². The van der Waals surface area contributed by atoms with Crippen LogP contribution in [0.4, 0.5) is 22.7 Å². The lowest BCUT2D eigenvalue weighted by Gasteiger charge is -2.12. The van der Waals surface area contributed by atoms with Crippen molar-refractivity contribution < 1.29 is 9.72 Å². The first-order valence-corrected chi connectivity index (χ1v) is 13.0. The number of carbonyl (C=O) groups excluding carboxylic acids is 1. The molecule has 0 aliphatic heterocycles. The van der Waals surface area contributed by atoms with E-state index >= 15 is 0 Å². The molecule has 0 aliphatic carbocycles. The van der Waals surface area contributed by atoms with Crippen molar-refractivity contribution in [3.63, 3.8) is 0 Å². The molecular formula is C25H22ClN5O3S2. The third kappa shape index (κ3) is 6.20. The minimum absolute atomic E-state index is 0.0260. The summed E-state index contributed by atoms with van der Waals surface area (Å²) in [6, 6.07) is 16.0. The van der Waals surface area contributed by atoms with Crippen molar-refractivity contribution in [2.75, 3.05) is 30.1 Å². The molecule has 8 nitrogen and oxygen atoms in total. The fourth-order valence-electron chi connectivity index (χ4n) is 3.37. The monoisotopic (exact) mass is 539 g/mol. The Morgan fingerprint density at radius 3 is 2.78 bits per heavy atom. The highest BCUT2D eigenvalue weighted by atomic mass is 35.5. The molecular weight excluding hydrogens is 518 g/mol. The Balaban J connectivity index is 1.43. The van der Waals surface area contributed by atoms with Gasteiger partial charge in [-0.1, -0.05) is 35.5 Å². The first-order valence-electron chi connectivity index (χ1n) is 10.8. The Labute approximate surface area is 221 Å². The number of thiazole rings is 1.